The molecule has 1 atom stereocenters. The molecule has 2 N–H and O–H groups in total. The fourth-order valence-corrected chi connectivity index (χ4v) is 1.85. The summed E-state index contributed by atoms with van der Waals surface area (Å²) < 4.78 is 13.3. The quantitative estimate of drug-likeness (QED) is 0.882. The van der Waals surface area contributed by atoms with Gasteiger partial charge in [-0.05, 0) is 29.7 Å². The third kappa shape index (κ3) is 3.05. The van der Waals surface area contributed by atoms with E-state index in [-0.39, 0.29) is 11.1 Å². The lowest BCUT2D eigenvalue weighted by Gasteiger charge is -2.12. The number of nitrogens with two attached hydrogens (primary N) is 1. The van der Waals surface area contributed by atoms with Crippen LogP contribution in [0.1, 0.15) is 17.2 Å². The normalized spacial score (nSPS) is 12.4. The highest BCUT2D eigenvalue weighted by atomic mass is 35.5. The van der Waals surface area contributed by atoms with E-state index in [2.05, 4.69) is 0 Å². The van der Waals surface area contributed by atoms with Crippen molar-refractivity contribution >= 4 is 11.6 Å². The van der Waals surface area contributed by atoms with Gasteiger partial charge in [-0.25, -0.2) is 4.39 Å². The van der Waals surface area contributed by atoms with E-state index in [0.29, 0.717) is 6.42 Å². The Morgan fingerprint density at radius 3 is 2.47 bits per heavy atom. The molecule has 0 aromatic heterocycles. The number of rotatable bonds is 3. The van der Waals surface area contributed by atoms with E-state index in [1.54, 1.807) is 6.07 Å². The van der Waals surface area contributed by atoms with Crippen molar-refractivity contribution in [2.45, 2.75) is 12.5 Å². The molecule has 2 aromatic carbocycles. The molecule has 0 aliphatic rings. The van der Waals surface area contributed by atoms with Crippen molar-refractivity contribution in [1.29, 1.82) is 0 Å². The highest BCUT2D eigenvalue weighted by Gasteiger charge is 2.09. The molecule has 0 bridgehead atoms. The average Bonchev–Trinajstić information content (AvgIpc) is 2.34. The zero-order valence-corrected chi connectivity index (χ0v) is 9.99. The second-order valence-corrected chi connectivity index (χ2v) is 4.38. The fraction of sp³-hybridized carbons (Fsp3) is 0.143. The molecule has 0 radical (unpaired) electrons. The maximum absolute atomic E-state index is 13.3. The van der Waals surface area contributed by atoms with Gasteiger partial charge in [0.25, 0.3) is 0 Å². The molecule has 2 aromatic rings. The van der Waals surface area contributed by atoms with Gasteiger partial charge in [0, 0.05) is 6.04 Å². The lowest BCUT2D eigenvalue weighted by Crippen LogP contribution is -2.13. The maximum Gasteiger partial charge on any atom is 0.142 e. The van der Waals surface area contributed by atoms with Crippen LogP contribution in [0.3, 0.4) is 0 Å². The van der Waals surface area contributed by atoms with Gasteiger partial charge in [0.15, 0.2) is 0 Å². The van der Waals surface area contributed by atoms with Crippen LogP contribution in [0, 0.1) is 5.82 Å². The summed E-state index contributed by atoms with van der Waals surface area (Å²) in [6.07, 6.45) is 0.682. The van der Waals surface area contributed by atoms with Crippen LogP contribution >= 0.6 is 11.6 Å². The maximum atomic E-state index is 13.3. The second kappa shape index (κ2) is 5.30. The highest BCUT2D eigenvalue weighted by Crippen LogP contribution is 2.21. The Kier molecular flexibility index (Phi) is 3.77. The molecule has 2 rings (SSSR count). The Hall–Kier alpha value is -1.38. The molecule has 0 aliphatic heterocycles. The third-order valence-electron chi connectivity index (χ3n) is 2.67. The van der Waals surface area contributed by atoms with E-state index in [1.807, 2.05) is 30.3 Å². The molecule has 0 fully saturated rings. The first kappa shape index (κ1) is 12.1. The standard InChI is InChI=1S/C14H13ClFN/c15-12-7-6-11(9-13(12)16)14(17)8-10-4-2-1-3-5-10/h1-7,9,14H,8,17H2. The van der Waals surface area contributed by atoms with E-state index in [4.69, 9.17) is 17.3 Å². The molecule has 1 nitrogen and oxygen atoms in total. The number of hydrogen-bond donors (Lipinski definition) is 1. The summed E-state index contributed by atoms with van der Waals surface area (Å²) in [4.78, 5) is 0. The fourth-order valence-electron chi connectivity index (χ4n) is 1.73. The van der Waals surface area contributed by atoms with Crippen molar-refractivity contribution in [3.05, 3.63) is 70.5 Å². The zero-order chi connectivity index (χ0) is 12.3. The van der Waals surface area contributed by atoms with E-state index in [1.165, 1.54) is 12.1 Å². The van der Waals surface area contributed by atoms with Crippen molar-refractivity contribution in [3.8, 4) is 0 Å². The van der Waals surface area contributed by atoms with Gasteiger partial charge in [-0.3, -0.25) is 0 Å². The monoisotopic (exact) mass is 249 g/mol. The largest absolute Gasteiger partial charge is 0.324 e. The summed E-state index contributed by atoms with van der Waals surface area (Å²) >= 11 is 5.63. The topological polar surface area (TPSA) is 26.0 Å². The molecule has 17 heavy (non-hydrogen) atoms. The molecule has 0 amide bonds. The molecule has 3 heteroatoms. The zero-order valence-electron chi connectivity index (χ0n) is 9.24. The summed E-state index contributed by atoms with van der Waals surface area (Å²) in [5.41, 5.74) is 7.93. The van der Waals surface area contributed by atoms with Crippen molar-refractivity contribution in [2.75, 3.05) is 0 Å². The van der Waals surface area contributed by atoms with E-state index in [9.17, 15) is 4.39 Å². The van der Waals surface area contributed by atoms with Gasteiger partial charge in [-0.2, -0.15) is 0 Å². The Balaban J connectivity index is 2.14. The Bertz CT molecular complexity index is 499. The molecule has 1 unspecified atom stereocenters. The Morgan fingerprint density at radius 2 is 1.82 bits per heavy atom. The summed E-state index contributed by atoms with van der Waals surface area (Å²) in [6, 6.07) is 14.4. The van der Waals surface area contributed by atoms with Gasteiger partial charge in [0.05, 0.1) is 5.02 Å². The lowest BCUT2D eigenvalue weighted by molar-refractivity contribution is 0.619. The van der Waals surface area contributed by atoms with Gasteiger partial charge in [0.1, 0.15) is 5.82 Å². The second-order valence-electron chi connectivity index (χ2n) is 3.97. The van der Waals surface area contributed by atoms with Crippen LogP contribution in [-0.4, -0.2) is 0 Å². The minimum atomic E-state index is -0.423. The first-order chi connectivity index (χ1) is 8.16. The first-order valence-corrected chi connectivity index (χ1v) is 5.79. The molecular formula is C14H13ClFN. The van der Waals surface area contributed by atoms with Gasteiger partial charge < -0.3 is 5.73 Å². The number of hydrogen-bond acceptors (Lipinski definition) is 1. The first-order valence-electron chi connectivity index (χ1n) is 5.41. The van der Waals surface area contributed by atoms with Crippen LogP contribution in [0.25, 0.3) is 0 Å². The van der Waals surface area contributed by atoms with Gasteiger partial charge in [0.2, 0.25) is 0 Å². The Morgan fingerprint density at radius 1 is 1.12 bits per heavy atom. The van der Waals surface area contributed by atoms with Crippen LogP contribution in [0.2, 0.25) is 5.02 Å². The van der Waals surface area contributed by atoms with Crippen LogP contribution < -0.4 is 5.73 Å². The predicted octanol–water partition coefficient (Wildman–Crippen LogP) is 3.72. The van der Waals surface area contributed by atoms with Crippen molar-refractivity contribution in [2.24, 2.45) is 5.73 Å². The van der Waals surface area contributed by atoms with E-state index in [0.717, 1.165) is 11.1 Å². The minimum Gasteiger partial charge on any atom is -0.324 e. The van der Waals surface area contributed by atoms with Crippen LogP contribution in [-0.2, 0) is 6.42 Å². The molecular weight excluding hydrogens is 237 g/mol. The molecule has 0 aliphatic carbocycles. The summed E-state index contributed by atoms with van der Waals surface area (Å²) in [7, 11) is 0. The van der Waals surface area contributed by atoms with Crippen LogP contribution in [0.15, 0.2) is 48.5 Å². The molecule has 0 heterocycles. The van der Waals surface area contributed by atoms with Gasteiger partial charge >= 0.3 is 0 Å². The van der Waals surface area contributed by atoms with Gasteiger partial charge in [-0.15, -0.1) is 0 Å². The third-order valence-corrected chi connectivity index (χ3v) is 2.98. The van der Waals surface area contributed by atoms with Gasteiger partial charge in [-0.1, -0.05) is 48.0 Å². The number of benzene rings is 2. The van der Waals surface area contributed by atoms with Crippen molar-refractivity contribution in [1.82, 2.24) is 0 Å². The molecule has 0 saturated carbocycles. The van der Waals surface area contributed by atoms with E-state index < -0.39 is 5.82 Å². The van der Waals surface area contributed by atoms with Crippen molar-refractivity contribution in [3.63, 3.8) is 0 Å². The van der Waals surface area contributed by atoms with Crippen LogP contribution in [0.5, 0.6) is 0 Å². The minimum absolute atomic E-state index is 0.126. The molecule has 0 saturated heterocycles. The number of halogens is 2. The summed E-state index contributed by atoms with van der Waals surface area (Å²) in [6.45, 7) is 0. The molecule has 88 valence electrons. The average molecular weight is 250 g/mol. The predicted molar refractivity (Wildman–Crippen MR) is 68.5 cm³/mol. The summed E-state index contributed by atoms with van der Waals surface area (Å²) in [5.74, 6) is -0.423. The summed E-state index contributed by atoms with van der Waals surface area (Å²) in [5, 5.41) is 0.126. The molecule has 0 spiro atoms. The smallest absolute Gasteiger partial charge is 0.142 e. The van der Waals surface area contributed by atoms with Crippen LogP contribution in [0.4, 0.5) is 4.39 Å². The lowest BCUT2D eigenvalue weighted by atomic mass is 10.00. The van der Waals surface area contributed by atoms with Crippen molar-refractivity contribution < 1.29 is 4.39 Å². The highest BCUT2D eigenvalue weighted by molar-refractivity contribution is 6.30. The van der Waals surface area contributed by atoms with E-state index >= 15 is 0 Å². The Labute approximate surface area is 105 Å². The SMILES string of the molecule is NC(Cc1ccccc1)c1ccc(Cl)c(F)c1.